The molecule has 6 nitrogen and oxygen atoms in total. The molecule has 1 aliphatic rings. The highest BCUT2D eigenvalue weighted by Crippen LogP contribution is 2.37. The van der Waals surface area contributed by atoms with Gasteiger partial charge in [0.05, 0.1) is 17.6 Å². The van der Waals surface area contributed by atoms with Crippen LogP contribution in [0.1, 0.15) is 16.1 Å². The summed E-state index contributed by atoms with van der Waals surface area (Å²) in [6.07, 6.45) is 1.43. The molecule has 1 aromatic carbocycles. The van der Waals surface area contributed by atoms with Crippen LogP contribution < -0.4 is 15.4 Å². The standard InChI is InChI=1S/C14H12N2O4/c1-8-5-9-13(20-7-12(17)15-9)10(6-8)16-14(18)11-3-2-4-19-11/h2-6H,7H2,1H3,(H,15,17)(H,16,18). The first-order chi connectivity index (χ1) is 9.63. The minimum atomic E-state index is -0.372. The number of hydrogen-bond acceptors (Lipinski definition) is 4. The normalized spacial score (nSPS) is 13.2. The average molecular weight is 272 g/mol. The van der Waals surface area contributed by atoms with Crippen molar-refractivity contribution in [2.24, 2.45) is 0 Å². The molecular weight excluding hydrogens is 260 g/mol. The number of benzene rings is 1. The van der Waals surface area contributed by atoms with E-state index in [1.807, 2.05) is 6.92 Å². The largest absolute Gasteiger partial charge is 0.479 e. The van der Waals surface area contributed by atoms with Crippen molar-refractivity contribution in [1.82, 2.24) is 0 Å². The van der Waals surface area contributed by atoms with Gasteiger partial charge in [-0.2, -0.15) is 0 Å². The number of anilines is 2. The molecule has 0 radical (unpaired) electrons. The summed E-state index contributed by atoms with van der Waals surface area (Å²) in [5.74, 6) is 0.0740. The molecular formula is C14H12N2O4. The number of carbonyl (C=O) groups is 2. The van der Waals surface area contributed by atoms with E-state index in [2.05, 4.69) is 10.6 Å². The molecule has 0 fully saturated rings. The zero-order chi connectivity index (χ0) is 14.1. The number of nitrogens with one attached hydrogen (secondary N) is 2. The van der Waals surface area contributed by atoms with Crippen molar-refractivity contribution in [1.29, 1.82) is 0 Å². The van der Waals surface area contributed by atoms with Gasteiger partial charge in [-0.1, -0.05) is 0 Å². The monoisotopic (exact) mass is 272 g/mol. The lowest BCUT2D eigenvalue weighted by molar-refractivity contribution is -0.118. The Bertz CT molecular complexity index is 677. The molecule has 3 rings (SSSR count). The average Bonchev–Trinajstić information content (AvgIpc) is 2.91. The molecule has 2 heterocycles. The van der Waals surface area contributed by atoms with Gasteiger partial charge in [-0.3, -0.25) is 9.59 Å². The Morgan fingerprint density at radius 1 is 1.40 bits per heavy atom. The Labute approximate surface area is 114 Å². The topological polar surface area (TPSA) is 80.6 Å². The van der Waals surface area contributed by atoms with Crippen LogP contribution in [0.4, 0.5) is 11.4 Å². The van der Waals surface area contributed by atoms with Gasteiger partial charge < -0.3 is 19.8 Å². The molecule has 20 heavy (non-hydrogen) atoms. The van der Waals surface area contributed by atoms with Gasteiger partial charge in [0.15, 0.2) is 18.1 Å². The number of rotatable bonds is 2. The zero-order valence-corrected chi connectivity index (χ0v) is 10.7. The number of ether oxygens (including phenoxy) is 1. The van der Waals surface area contributed by atoms with Gasteiger partial charge in [0, 0.05) is 0 Å². The highest BCUT2D eigenvalue weighted by molar-refractivity contribution is 6.05. The lowest BCUT2D eigenvalue weighted by atomic mass is 10.1. The number of amides is 2. The molecule has 0 atom stereocenters. The third-order valence-electron chi connectivity index (χ3n) is 2.85. The van der Waals surface area contributed by atoms with E-state index in [1.165, 1.54) is 6.26 Å². The molecule has 0 saturated heterocycles. The predicted molar refractivity (Wildman–Crippen MR) is 72.0 cm³/mol. The van der Waals surface area contributed by atoms with Crippen molar-refractivity contribution >= 4 is 23.2 Å². The lowest BCUT2D eigenvalue weighted by Crippen LogP contribution is -2.26. The Hall–Kier alpha value is -2.76. The smallest absolute Gasteiger partial charge is 0.291 e. The van der Waals surface area contributed by atoms with Crippen molar-refractivity contribution in [2.45, 2.75) is 6.92 Å². The molecule has 2 amide bonds. The molecule has 2 N–H and O–H groups in total. The van der Waals surface area contributed by atoms with Gasteiger partial charge in [0.2, 0.25) is 0 Å². The Kier molecular flexibility index (Phi) is 2.90. The highest BCUT2D eigenvalue weighted by Gasteiger charge is 2.21. The van der Waals surface area contributed by atoms with Gasteiger partial charge in [0.1, 0.15) is 0 Å². The minimum Gasteiger partial charge on any atom is -0.479 e. The molecule has 2 aromatic rings. The van der Waals surface area contributed by atoms with E-state index in [-0.39, 0.29) is 24.2 Å². The maximum absolute atomic E-state index is 12.0. The summed E-state index contributed by atoms with van der Waals surface area (Å²) in [7, 11) is 0. The van der Waals surface area contributed by atoms with Gasteiger partial charge in [-0.25, -0.2) is 0 Å². The van der Waals surface area contributed by atoms with E-state index in [0.29, 0.717) is 17.1 Å². The molecule has 0 saturated carbocycles. The third-order valence-corrected chi connectivity index (χ3v) is 2.85. The van der Waals surface area contributed by atoms with Crippen LogP contribution in [-0.2, 0) is 4.79 Å². The molecule has 1 aliphatic heterocycles. The predicted octanol–water partition coefficient (Wildman–Crippen LogP) is 2.17. The van der Waals surface area contributed by atoms with Crippen LogP contribution in [0.25, 0.3) is 0 Å². The fourth-order valence-electron chi connectivity index (χ4n) is 2.03. The summed E-state index contributed by atoms with van der Waals surface area (Å²) >= 11 is 0. The van der Waals surface area contributed by atoms with Crippen molar-refractivity contribution in [2.75, 3.05) is 17.2 Å². The van der Waals surface area contributed by atoms with E-state index in [0.717, 1.165) is 5.56 Å². The molecule has 0 aliphatic carbocycles. The van der Waals surface area contributed by atoms with Crippen molar-refractivity contribution < 1.29 is 18.7 Å². The van der Waals surface area contributed by atoms with Crippen LogP contribution in [0.2, 0.25) is 0 Å². The number of furan rings is 1. The summed E-state index contributed by atoms with van der Waals surface area (Å²) in [5.41, 5.74) is 1.95. The van der Waals surface area contributed by atoms with Crippen LogP contribution in [0, 0.1) is 6.92 Å². The zero-order valence-electron chi connectivity index (χ0n) is 10.7. The van der Waals surface area contributed by atoms with Gasteiger partial charge in [-0.15, -0.1) is 0 Å². The Balaban J connectivity index is 1.93. The second kappa shape index (κ2) is 4.73. The van der Waals surface area contributed by atoms with E-state index in [1.54, 1.807) is 24.3 Å². The molecule has 6 heteroatoms. The fourth-order valence-corrected chi connectivity index (χ4v) is 2.03. The van der Waals surface area contributed by atoms with Crippen molar-refractivity contribution in [3.63, 3.8) is 0 Å². The maximum Gasteiger partial charge on any atom is 0.291 e. The van der Waals surface area contributed by atoms with Gasteiger partial charge in [0.25, 0.3) is 11.8 Å². The Morgan fingerprint density at radius 3 is 3.00 bits per heavy atom. The molecule has 102 valence electrons. The van der Waals surface area contributed by atoms with E-state index in [4.69, 9.17) is 9.15 Å². The highest BCUT2D eigenvalue weighted by atomic mass is 16.5. The van der Waals surface area contributed by atoms with Gasteiger partial charge >= 0.3 is 0 Å². The number of carbonyl (C=O) groups excluding carboxylic acids is 2. The second-order valence-corrected chi connectivity index (χ2v) is 4.46. The summed E-state index contributed by atoms with van der Waals surface area (Å²) in [6.45, 7) is 1.79. The van der Waals surface area contributed by atoms with E-state index >= 15 is 0 Å². The van der Waals surface area contributed by atoms with Crippen LogP contribution >= 0.6 is 0 Å². The third kappa shape index (κ3) is 2.23. The molecule has 0 spiro atoms. The minimum absolute atomic E-state index is 0.0698. The van der Waals surface area contributed by atoms with Crippen LogP contribution in [-0.4, -0.2) is 18.4 Å². The quantitative estimate of drug-likeness (QED) is 0.878. The number of hydrogen-bond donors (Lipinski definition) is 2. The van der Waals surface area contributed by atoms with Crippen LogP contribution in [0.15, 0.2) is 34.9 Å². The molecule has 1 aromatic heterocycles. The first-order valence-corrected chi connectivity index (χ1v) is 6.05. The lowest BCUT2D eigenvalue weighted by Gasteiger charge is -2.21. The molecule has 0 unspecified atom stereocenters. The Morgan fingerprint density at radius 2 is 2.25 bits per heavy atom. The SMILES string of the molecule is Cc1cc2c(c(NC(=O)c3ccco3)c1)OCC(=O)N2. The fraction of sp³-hybridized carbons (Fsp3) is 0.143. The first kappa shape index (κ1) is 12.3. The van der Waals surface area contributed by atoms with Crippen LogP contribution in [0.5, 0.6) is 5.75 Å². The number of fused-ring (bicyclic) bond motifs is 1. The number of aryl methyl sites for hydroxylation is 1. The summed E-state index contributed by atoms with van der Waals surface area (Å²) in [6, 6.07) is 6.77. The molecule has 0 bridgehead atoms. The maximum atomic E-state index is 12.0. The second-order valence-electron chi connectivity index (χ2n) is 4.46. The summed E-state index contributed by atoms with van der Waals surface area (Å²) in [4.78, 5) is 23.3. The van der Waals surface area contributed by atoms with Crippen LogP contribution in [0.3, 0.4) is 0 Å². The first-order valence-electron chi connectivity index (χ1n) is 6.05. The summed E-state index contributed by atoms with van der Waals surface area (Å²) in [5, 5.41) is 5.43. The van der Waals surface area contributed by atoms with Crippen molar-refractivity contribution in [3.8, 4) is 5.75 Å². The van der Waals surface area contributed by atoms with E-state index in [9.17, 15) is 9.59 Å². The van der Waals surface area contributed by atoms with Crippen molar-refractivity contribution in [3.05, 3.63) is 41.9 Å². The van der Waals surface area contributed by atoms with Gasteiger partial charge in [-0.05, 0) is 36.8 Å². The summed E-state index contributed by atoms with van der Waals surface area (Å²) < 4.78 is 10.4. The van der Waals surface area contributed by atoms with E-state index < -0.39 is 0 Å².